The second kappa shape index (κ2) is 9.02. The summed E-state index contributed by atoms with van der Waals surface area (Å²) in [6.07, 6.45) is 6.20. The van der Waals surface area contributed by atoms with E-state index in [9.17, 15) is 14.3 Å². The molecule has 0 radical (unpaired) electrons. The van der Waals surface area contributed by atoms with Gasteiger partial charge in [-0.05, 0) is 82.7 Å². The maximum Gasteiger partial charge on any atom is 0.312 e. The number of piperidine rings is 1. The number of ether oxygens (including phenoxy) is 1. The zero-order valence-corrected chi connectivity index (χ0v) is 19.2. The lowest BCUT2D eigenvalue weighted by atomic mass is 9.89. The fourth-order valence-electron chi connectivity index (χ4n) is 4.71. The topological polar surface area (TPSA) is 80.0 Å². The number of benzene rings is 2. The van der Waals surface area contributed by atoms with Crippen molar-refractivity contribution < 1.29 is 19.0 Å². The van der Waals surface area contributed by atoms with Crippen LogP contribution in [0.4, 0.5) is 10.1 Å². The van der Waals surface area contributed by atoms with Crippen molar-refractivity contribution in [3.05, 3.63) is 60.2 Å². The Bertz CT molecular complexity index is 1240. The number of rotatable bonds is 5. The Balaban J connectivity index is 1.57. The van der Waals surface area contributed by atoms with Crippen molar-refractivity contribution in [3.63, 3.8) is 0 Å². The van der Waals surface area contributed by atoms with Crippen LogP contribution in [0, 0.1) is 11.7 Å². The highest BCUT2D eigenvalue weighted by Gasteiger charge is 2.30. The van der Waals surface area contributed by atoms with E-state index in [4.69, 9.17) is 4.74 Å². The van der Waals surface area contributed by atoms with E-state index in [0.717, 1.165) is 42.6 Å². The summed E-state index contributed by atoms with van der Waals surface area (Å²) in [6, 6.07) is 9.98. The predicted octanol–water partition coefficient (Wildman–Crippen LogP) is 5.10. The molecule has 0 saturated carbocycles. The Morgan fingerprint density at radius 2 is 1.88 bits per heavy atom. The number of carboxylic acids is 1. The first-order valence-electron chi connectivity index (χ1n) is 11.5. The van der Waals surface area contributed by atoms with Gasteiger partial charge in [0, 0.05) is 28.6 Å². The van der Waals surface area contributed by atoms with E-state index >= 15 is 0 Å². The molecule has 0 unspecified atom stereocenters. The fourth-order valence-corrected chi connectivity index (χ4v) is 4.71. The Kier molecular flexibility index (Phi) is 5.91. The molecule has 5 rings (SSSR count). The van der Waals surface area contributed by atoms with Crippen molar-refractivity contribution in [2.75, 3.05) is 20.1 Å². The molecule has 1 aromatic heterocycles. The van der Waals surface area contributed by atoms with Crippen molar-refractivity contribution in [1.82, 2.24) is 14.7 Å². The van der Waals surface area contributed by atoms with E-state index in [1.807, 2.05) is 29.2 Å². The summed E-state index contributed by atoms with van der Waals surface area (Å²) < 4.78 is 21.8. The van der Waals surface area contributed by atoms with Gasteiger partial charge in [0.1, 0.15) is 17.3 Å². The fraction of sp³-hybridized carbons (Fsp3) is 0.346. The Morgan fingerprint density at radius 1 is 1.15 bits per heavy atom. The molecule has 1 saturated heterocycles. The van der Waals surface area contributed by atoms with Crippen LogP contribution in [0.1, 0.15) is 31.4 Å². The third-order valence-electron chi connectivity index (χ3n) is 6.75. The first-order chi connectivity index (χ1) is 16.4. The highest BCUT2D eigenvalue weighted by atomic mass is 19.1. The highest BCUT2D eigenvalue weighted by molar-refractivity contribution is 6.03. The van der Waals surface area contributed by atoms with Gasteiger partial charge in [-0.2, -0.15) is 5.10 Å². The van der Waals surface area contributed by atoms with Gasteiger partial charge in [-0.1, -0.05) is 0 Å². The second-order valence-electron chi connectivity index (χ2n) is 9.09. The van der Waals surface area contributed by atoms with Crippen LogP contribution in [-0.4, -0.2) is 51.6 Å². The summed E-state index contributed by atoms with van der Waals surface area (Å²) in [6.45, 7) is 3.80. The Hall–Kier alpha value is -3.52. The molecule has 0 aliphatic carbocycles. The number of halogens is 1. The molecular formula is C26H27FN4O3. The number of nitrogens with zero attached hydrogens (tertiary/aromatic N) is 4. The molecule has 1 fully saturated rings. The third-order valence-corrected chi connectivity index (χ3v) is 6.75. The maximum absolute atomic E-state index is 13.5. The number of hydrogen-bond donors (Lipinski definition) is 1. The molecule has 3 aromatic rings. The number of aromatic nitrogens is 2. The minimum atomic E-state index is -0.917. The van der Waals surface area contributed by atoms with Crippen LogP contribution in [-0.2, 0) is 11.2 Å². The minimum absolute atomic E-state index is 0.271. The summed E-state index contributed by atoms with van der Waals surface area (Å²) in [4.78, 5) is 18.7. The van der Waals surface area contributed by atoms with Gasteiger partial charge in [0.2, 0.25) is 0 Å². The van der Waals surface area contributed by atoms with Gasteiger partial charge < -0.3 is 14.7 Å². The van der Waals surface area contributed by atoms with Crippen LogP contribution in [0.3, 0.4) is 0 Å². The summed E-state index contributed by atoms with van der Waals surface area (Å²) in [5, 5.41) is 14.4. The first kappa shape index (κ1) is 22.3. The minimum Gasteiger partial charge on any atom is -0.481 e. The predicted molar refractivity (Wildman–Crippen MR) is 128 cm³/mol. The van der Waals surface area contributed by atoms with Crippen LogP contribution in [0.5, 0.6) is 11.5 Å². The average Bonchev–Trinajstić information content (AvgIpc) is 3.30. The molecule has 1 N–H and O–H groups in total. The lowest BCUT2D eigenvalue weighted by Gasteiger charge is -2.29. The third kappa shape index (κ3) is 4.33. The van der Waals surface area contributed by atoms with Gasteiger partial charge >= 0.3 is 5.97 Å². The van der Waals surface area contributed by atoms with E-state index in [1.54, 1.807) is 19.1 Å². The summed E-state index contributed by atoms with van der Waals surface area (Å²) in [5.74, 6) is -0.986. The van der Waals surface area contributed by atoms with Crippen molar-refractivity contribution in [3.8, 4) is 22.6 Å². The van der Waals surface area contributed by atoms with Gasteiger partial charge in [-0.3, -0.25) is 14.5 Å². The summed E-state index contributed by atoms with van der Waals surface area (Å²) in [7, 11) is 2.13. The SMILES string of the molecule is CC1=Nc2ccc(-c3cnn(C4CCN(C)CC4)c3)c(Oc3ccc(F)cc3)c2C[C@@H]1C(=O)O. The molecule has 2 aromatic carbocycles. The average molecular weight is 463 g/mol. The van der Waals surface area contributed by atoms with Crippen LogP contribution >= 0.6 is 0 Å². The van der Waals surface area contributed by atoms with E-state index in [0.29, 0.717) is 28.9 Å². The normalized spacial score (nSPS) is 18.9. The quantitative estimate of drug-likeness (QED) is 0.571. The molecule has 0 amide bonds. The van der Waals surface area contributed by atoms with Crippen LogP contribution < -0.4 is 4.74 Å². The second-order valence-corrected chi connectivity index (χ2v) is 9.09. The molecular weight excluding hydrogens is 435 g/mol. The van der Waals surface area contributed by atoms with E-state index in [-0.39, 0.29) is 12.2 Å². The zero-order chi connectivity index (χ0) is 23.8. The van der Waals surface area contributed by atoms with Crippen molar-refractivity contribution in [2.45, 2.75) is 32.2 Å². The highest BCUT2D eigenvalue weighted by Crippen LogP contribution is 2.44. The van der Waals surface area contributed by atoms with Crippen LogP contribution in [0.15, 0.2) is 53.8 Å². The zero-order valence-electron chi connectivity index (χ0n) is 19.2. The van der Waals surface area contributed by atoms with Crippen LogP contribution in [0.25, 0.3) is 11.1 Å². The smallest absolute Gasteiger partial charge is 0.312 e. The number of fused-ring (bicyclic) bond motifs is 1. The maximum atomic E-state index is 13.5. The molecule has 1 atom stereocenters. The van der Waals surface area contributed by atoms with Gasteiger partial charge in [-0.15, -0.1) is 0 Å². The molecule has 34 heavy (non-hydrogen) atoms. The Morgan fingerprint density at radius 3 is 2.59 bits per heavy atom. The molecule has 8 heteroatoms. The van der Waals surface area contributed by atoms with E-state index in [2.05, 4.69) is 22.0 Å². The summed E-state index contributed by atoms with van der Waals surface area (Å²) in [5.41, 5.74) is 3.68. The molecule has 2 aliphatic rings. The van der Waals surface area contributed by atoms with Crippen molar-refractivity contribution in [1.29, 1.82) is 0 Å². The number of aliphatic imine (C=N–C) groups is 1. The number of carboxylic acid groups (broad SMARTS) is 1. The van der Waals surface area contributed by atoms with E-state index in [1.165, 1.54) is 12.1 Å². The molecule has 0 bridgehead atoms. The number of carbonyl (C=O) groups is 1. The van der Waals surface area contributed by atoms with Gasteiger partial charge in [0.05, 0.1) is 23.8 Å². The number of likely N-dealkylation sites (tertiary alicyclic amines) is 1. The number of hydrogen-bond acceptors (Lipinski definition) is 5. The standard InChI is InChI=1S/C26H27FN4O3/c1-16-22(26(32)33)13-23-24(29-16)8-7-21(25(23)34-20-5-3-18(27)4-6-20)17-14-28-31(15-17)19-9-11-30(2)12-10-19/h3-8,14-15,19,22H,9-13H2,1-2H3,(H,32,33)/t22-/m0/s1. The first-order valence-corrected chi connectivity index (χ1v) is 11.5. The molecule has 2 aliphatic heterocycles. The van der Waals surface area contributed by atoms with Crippen molar-refractivity contribution >= 4 is 17.4 Å². The molecule has 3 heterocycles. The number of aliphatic carboxylic acids is 1. The molecule has 176 valence electrons. The van der Waals surface area contributed by atoms with Gasteiger partial charge in [-0.25, -0.2) is 4.39 Å². The van der Waals surface area contributed by atoms with Gasteiger partial charge in [0.25, 0.3) is 0 Å². The molecule has 7 nitrogen and oxygen atoms in total. The molecule has 0 spiro atoms. The van der Waals surface area contributed by atoms with E-state index < -0.39 is 11.9 Å². The lowest BCUT2D eigenvalue weighted by Crippen LogP contribution is -2.31. The van der Waals surface area contributed by atoms with Gasteiger partial charge in [0.15, 0.2) is 0 Å². The van der Waals surface area contributed by atoms with Crippen molar-refractivity contribution in [2.24, 2.45) is 10.9 Å². The largest absolute Gasteiger partial charge is 0.481 e. The monoisotopic (exact) mass is 462 g/mol. The van der Waals surface area contributed by atoms with Crippen LogP contribution in [0.2, 0.25) is 0 Å². The lowest BCUT2D eigenvalue weighted by molar-refractivity contribution is -0.139. The summed E-state index contributed by atoms with van der Waals surface area (Å²) >= 11 is 0. The Labute approximate surface area is 197 Å².